The van der Waals surface area contributed by atoms with E-state index in [9.17, 15) is 9.90 Å². The van der Waals surface area contributed by atoms with Crippen LogP contribution in [0, 0.1) is 5.92 Å². The molecule has 0 bridgehead atoms. The fourth-order valence-electron chi connectivity index (χ4n) is 2.79. The summed E-state index contributed by atoms with van der Waals surface area (Å²) in [5, 5.41) is 10.8. The van der Waals surface area contributed by atoms with Crippen molar-refractivity contribution in [2.24, 2.45) is 5.92 Å². The summed E-state index contributed by atoms with van der Waals surface area (Å²) in [5.41, 5.74) is 1.51. The highest BCUT2D eigenvalue weighted by Gasteiger charge is 2.26. The van der Waals surface area contributed by atoms with Gasteiger partial charge < -0.3 is 10.0 Å². The molecule has 4 nitrogen and oxygen atoms in total. The van der Waals surface area contributed by atoms with Crippen LogP contribution in [-0.4, -0.2) is 35.6 Å². The van der Waals surface area contributed by atoms with Crippen LogP contribution in [-0.2, 0) is 0 Å². The molecule has 0 spiro atoms. The van der Waals surface area contributed by atoms with E-state index in [-0.39, 0.29) is 12.0 Å². The topological polar surface area (TPSA) is 53.4 Å². The lowest BCUT2D eigenvalue weighted by Gasteiger charge is -2.35. The predicted octanol–water partition coefficient (Wildman–Crippen LogP) is 2.25. The summed E-state index contributed by atoms with van der Waals surface area (Å²) in [7, 11) is 0. The molecule has 0 aliphatic carbocycles. The van der Waals surface area contributed by atoms with Gasteiger partial charge in [-0.2, -0.15) is 0 Å². The third-order valence-electron chi connectivity index (χ3n) is 4.02. The van der Waals surface area contributed by atoms with E-state index < -0.39 is 0 Å². The number of anilines is 1. The molecule has 1 aliphatic heterocycles. The van der Waals surface area contributed by atoms with Crippen molar-refractivity contribution >= 4 is 23.0 Å². The monoisotopic (exact) mass is 270 g/mol. The van der Waals surface area contributed by atoms with E-state index in [1.165, 1.54) is 0 Å². The van der Waals surface area contributed by atoms with Gasteiger partial charge in [0.25, 0.3) is 0 Å². The lowest BCUT2D eigenvalue weighted by molar-refractivity contribution is 0.0968. The van der Waals surface area contributed by atoms with Gasteiger partial charge in [0.2, 0.25) is 0 Å². The summed E-state index contributed by atoms with van der Waals surface area (Å²) in [6, 6.07) is 9.69. The molecule has 2 unspecified atom stereocenters. The third-order valence-corrected chi connectivity index (χ3v) is 4.02. The Kier molecular flexibility index (Phi) is 3.40. The van der Waals surface area contributed by atoms with Crippen LogP contribution >= 0.6 is 0 Å². The van der Waals surface area contributed by atoms with Crippen LogP contribution in [0.4, 0.5) is 5.82 Å². The quantitative estimate of drug-likeness (QED) is 0.850. The minimum atomic E-state index is -0.258. The van der Waals surface area contributed by atoms with Gasteiger partial charge >= 0.3 is 0 Å². The van der Waals surface area contributed by atoms with Crippen molar-refractivity contribution in [2.75, 3.05) is 18.0 Å². The van der Waals surface area contributed by atoms with Gasteiger partial charge in [-0.1, -0.05) is 25.1 Å². The average molecular weight is 270 g/mol. The number of aromatic nitrogens is 1. The van der Waals surface area contributed by atoms with E-state index in [1.807, 2.05) is 37.3 Å². The Balaban J connectivity index is 2.03. The molecule has 0 radical (unpaired) electrons. The lowest BCUT2D eigenvalue weighted by Crippen LogP contribution is -2.42. The maximum Gasteiger partial charge on any atom is 0.153 e. The maximum atomic E-state index is 11.3. The summed E-state index contributed by atoms with van der Waals surface area (Å²) in [6.45, 7) is 3.49. The first-order valence-electron chi connectivity index (χ1n) is 6.97. The molecule has 4 heteroatoms. The summed E-state index contributed by atoms with van der Waals surface area (Å²) in [4.78, 5) is 18.1. The number of carbonyl (C=O) groups is 1. The number of rotatable bonds is 2. The Labute approximate surface area is 118 Å². The highest BCUT2D eigenvalue weighted by atomic mass is 16.3. The first kappa shape index (κ1) is 13.1. The SMILES string of the molecule is CC1CN(c2nc3ccccc3cc2C=O)CCC1O. The standard InChI is InChI=1S/C16H18N2O2/c1-11-9-18(7-6-15(11)20)16-13(10-19)8-12-4-2-3-5-14(12)17-16/h2-5,8,10-11,15,20H,6-7,9H2,1H3. The maximum absolute atomic E-state index is 11.3. The Morgan fingerprint density at radius 3 is 2.95 bits per heavy atom. The summed E-state index contributed by atoms with van der Waals surface area (Å²) in [6.07, 6.45) is 1.32. The Hall–Kier alpha value is -1.94. The minimum Gasteiger partial charge on any atom is -0.393 e. The molecule has 0 saturated carbocycles. The van der Waals surface area contributed by atoms with Gasteiger partial charge in [-0.05, 0) is 24.5 Å². The van der Waals surface area contributed by atoms with E-state index >= 15 is 0 Å². The number of carbonyl (C=O) groups excluding carboxylic acids is 1. The van der Waals surface area contributed by atoms with Gasteiger partial charge in [-0.3, -0.25) is 4.79 Å². The molecule has 0 amide bonds. The largest absolute Gasteiger partial charge is 0.393 e. The number of aliphatic hydroxyl groups is 1. The summed E-state index contributed by atoms with van der Waals surface area (Å²) >= 11 is 0. The number of nitrogens with zero attached hydrogens (tertiary/aromatic N) is 2. The van der Waals surface area contributed by atoms with E-state index in [2.05, 4.69) is 9.88 Å². The van der Waals surface area contributed by atoms with Crippen molar-refractivity contribution < 1.29 is 9.90 Å². The van der Waals surface area contributed by atoms with Crippen LogP contribution in [0.2, 0.25) is 0 Å². The average Bonchev–Trinajstić information content (AvgIpc) is 2.48. The van der Waals surface area contributed by atoms with Crippen molar-refractivity contribution in [1.29, 1.82) is 0 Å². The molecule has 2 aromatic rings. The molecule has 2 atom stereocenters. The molecule has 20 heavy (non-hydrogen) atoms. The van der Waals surface area contributed by atoms with E-state index in [0.29, 0.717) is 12.0 Å². The van der Waals surface area contributed by atoms with Gasteiger partial charge in [-0.15, -0.1) is 0 Å². The molecule has 1 saturated heterocycles. The van der Waals surface area contributed by atoms with Crippen LogP contribution in [0.15, 0.2) is 30.3 Å². The van der Waals surface area contributed by atoms with Gasteiger partial charge in [0.15, 0.2) is 6.29 Å². The Bertz CT molecular complexity index is 641. The van der Waals surface area contributed by atoms with Crippen molar-refractivity contribution in [3.05, 3.63) is 35.9 Å². The van der Waals surface area contributed by atoms with Crippen molar-refractivity contribution in [3.63, 3.8) is 0 Å². The van der Waals surface area contributed by atoms with Gasteiger partial charge in [0, 0.05) is 18.5 Å². The number of hydrogen-bond donors (Lipinski definition) is 1. The number of pyridine rings is 1. The molecule has 3 rings (SSSR count). The third kappa shape index (κ3) is 2.27. The predicted molar refractivity (Wildman–Crippen MR) is 79.1 cm³/mol. The number of aldehydes is 1. The number of benzene rings is 1. The number of para-hydroxylation sites is 1. The smallest absolute Gasteiger partial charge is 0.153 e. The normalized spacial score (nSPS) is 23.0. The second-order valence-corrected chi connectivity index (χ2v) is 5.49. The fourth-order valence-corrected chi connectivity index (χ4v) is 2.79. The second kappa shape index (κ2) is 5.21. The van der Waals surface area contributed by atoms with Gasteiger partial charge in [0.05, 0.1) is 17.2 Å². The zero-order chi connectivity index (χ0) is 14.1. The zero-order valence-electron chi connectivity index (χ0n) is 11.5. The number of fused-ring (bicyclic) bond motifs is 1. The van der Waals surface area contributed by atoms with Crippen LogP contribution in [0.5, 0.6) is 0 Å². The van der Waals surface area contributed by atoms with Crippen LogP contribution < -0.4 is 4.90 Å². The lowest BCUT2D eigenvalue weighted by atomic mass is 9.96. The molecule has 1 fully saturated rings. The van der Waals surface area contributed by atoms with Crippen molar-refractivity contribution in [2.45, 2.75) is 19.4 Å². The van der Waals surface area contributed by atoms with Crippen LogP contribution in [0.1, 0.15) is 23.7 Å². The van der Waals surface area contributed by atoms with E-state index in [1.54, 1.807) is 0 Å². The van der Waals surface area contributed by atoms with E-state index in [4.69, 9.17) is 0 Å². The molecule has 104 valence electrons. The molecular weight excluding hydrogens is 252 g/mol. The van der Waals surface area contributed by atoms with Crippen LogP contribution in [0.3, 0.4) is 0 Å². The Morgan fingerprint density at radius 1 is 1.40 bits per heavy atom. The molecule has 1 aromatic carbocycles. The summed E-state index contributed by atoms with van der Waals surface area (Å²) < 4.78 is 0. The second-order valence-electron chi connectivity index (χ2n) is 5.49. The number of aliphatic hydroxyl groups excluding tert-OH is 1. The number of hydrogen-bond acceptors (Lipinski definition) is 4. The van der Waals surface area contributed by atoms with Crippen LogP contribution in [0.25, 0.3) is 10.9 Å². The van der Waals surface area contributed by atoms with Gasteiger partial charge in [-0.25, -0.2) is 4.98 Å². The molecular formula is C16H18N2O2. The number of piperidine rings is 1. The first-order valence-corrected chi connectivity index (χ1v) is 6.97. The molecule has 2 heterocycles. The van der Waals surface area contributed by atoms with Crippen molar-refractivity contribution in [3.8, 4) is 0 Å². The van der Waals surface area contributed by atoms with Gasteiger partial charge in [0.1, 0.15) is 5.82 Å². The first-order chi connectivity index (χ1) is 9.69. The summed E-state index contributed by atoms with van der Waals surface area (Å²) in [5.74, 6) is 0.925. The molecule has 1 aromatic heterocycles. The highest BCUT2D eigenvalue weighted by Crippen LogP contribution is 2.26. The van der Waals surface area contributed by atoms with Crippen molar-refractivity contribution in [1.82, 2.24) is 4.98 Å². The molecule has 1 aliphatic rings. The Morgan fingerprint density at radius 2 is 2.20 bits per heavy atom. The fraction of sp³-hybridized carbons (Fsp3) is 0.375. The zero-order valence-corrected chi connectivity index (χ0v) is 11.5. The molecule has 1 N–H and O–H groups in total. The minimum absolute atomic E-state index is 0.191. The highest BCUT2D eigenvalue weighted by molar-refractivity contribution is 5.91. The van der Waals surface area contributed by atoms with E-state index in [0.717, 1.165) is 36.1 Å².